The number of rotatable bonds is 5. The van der Waals surface area contributed by atoms with Gasteiger partial charge < -0.3 is 19.2 Å². The highest BCUT2D eigenvalue weighted by atomic mass is 16.6. The van der Waals surface area contributed by atoms with E-state index in [4.69, 9.17) is 13.9 Å². The molecule has 0 unspecified atom stereocenters. The number of carbonyl (C=O) groups excluding carboxylic acids is 2. The Morgan fingerprint density at radius 3 is 2.53 bits per heavy atom. The highest BCUT2D eigenvalue weighted by Crippen LogP contribution is 2.36. The lowest BCUT2D eigenvalue weighted by Crippen LogP contribution is -2.30. The summed E-state index contributed by atoms with van der Waals surface area (Å²) in [5.41, 5.74) is 3.96. The first-order valence-corrected chi connectivity index (χ1v) is 9.47. The van der Waals surface area contributed by atoms with Crippen LogP contribution >= 0.6 is 0 Å². The molecule has 0 saturated heterocycles. The van der Waals surface area contributed by atoms with Crippen LogP contribution in [0.4, 0.5) is 10.5 Å². The van der Waals surface area contributed by atoms with Gasteiger partial charge in [-0.05, 0) is 39.8 Å². The minimum Gasteiger partial charge on any atom is -0.495 e. The summed E-state index contributed by atoms with van der Waals surface area (Å²) in [6.45, 7) is 6.89. The molecule has 1 heterocycles. The van der Waals surface area contributed by atoms with Crippen molar-refractivity contribution in [2.24, 2.45) is 5.10 Å². The van der Waals surface area contributed by atoms with Gasteiger partial charge in [0.25, 0.3) is 0 Å². The number of furan rings is 1. The highest BCUT2D eigenvalue weighted by Gasteiger charge is 2.17. The van der Waals surface area contributed by atoms with Gasteiger partial charge in [0.2, 0.25) is 5.91 Å². The molecule has 1 aromatic heterocycles. The number of carbonyl (C=O) groups is 2. The van der Waals surface area contributed by atoms with Crippen molar-refractivity contribution in [2.75, 3.05) is 12.4 Å². The van der Waals surface area contributed by atoms with Crippen LogP contribution in [0.25, 0.3) is 21.9 Å². The number of para-hydroxylation sites is 1. The monoisotopic (exact) mass is 411 g/mol. The third-order valence-corrected chi connectivity index (χ3v) is 4.13. The second kappa shape index (κ2) is 8.44. The van der Waals surface area contributed by atoms with Crippen LogP contribution in [-0.2, 0) is 9.53 Å². The van der Waals surface area contributed by atoms with E-state index in [2.05, 4.69) is 15.8 Å². The van der Waals surface area contributed by atoms with Gasteiger partial charge in [-0.3, -0.25) is 4.79 Å². The lowest BCUT2D eigenvalue weighted by atomic mass is 10.1. The summed E-state index contributed by atoms with van der Waals surface area (Å²) in [6.07, 6.45) is -0.698. The van der Waals surface area contributed by atoms with Crippen molar-refractivity contribution in [3.05, 3.63) is 36.4 Å². The largest absolute Gasteiger partial charge is 0.495 e. The van der Waals surface area contributed by atoms with Crippen LogP contribution in [0.2, 0.25) is 0 Å². The van der Waals surface area contributed by atoms with Crippen LogP contribution in [0.5, 0.6) is 5.75 Å². The van der Waals surface area contributed by atoms with Crippen molar-refractivity contribution < 1.29 is 23.5 Å². The molecule has 2 amide bonds. The molecule has 2 aromatic carbocycles. The summed E-state index contributed by atoms with van der Waals surface area (Å²) < 4.78 is 16.4. The maximum absolute atomic E-state index is 12.5. The molecule has 0 aliphatic heterocycles. The van der Waals surface area contributed by atoms with Crippen molar-refractivity contribution in [2.45, 2.75) is 39.7 Å². The SMILES string of the molecule is COc1cc2c(cc1NC(=O)C/C(C)=N/NC(=O)OC(C)(C)C)oc1ccccc12. The number of nitrogens with zero attached hydrogens (tertiary/aromatic N) is 1. The molecule has 8 nitrogen and oxygen atoms in total. The summed E-state index contributed by atoms with van der Waals surface area (Å²) in [5.74, 6) is 0.208. The smallest absolute Gasteiger partial charge is 0.428 e. The Morgan fingerprint density at radius 1 is 1.10 bits per heavy atom. The zero-order valence-corrected chi connectivity index (χ0v) is 17.7. The third-order valence-electron chi connectivity index (χ3n) is 4.13. The normalized spacial score (nSPS) is 12.1. The minimum absolute atomic E-state index is 0.0167. The zero-order chi connectivity index (χ0) is 21.9. The van der Waals surface area contributed by atoms with E-state index in [1.807, 2.05) is 30.3 Å². The van der Waals surface area contributed by atoms with Gasteiger partial charge >= 0.3 is 6.09 Å². The minimum atomic E-state index is -0.681. The first-order chi connectivity index (χ1) is 14.2. The van der Waals surface area contributed by atoms with Gasteiger partial charge in [-0.1, -0.05) is 18.2 Å². The number of amides is 2. The molecule has 158 valence electrons. The predicted octanol–water partition coefficient (Wildman–Crippen LogP) is 4.82. The fourth-order valence-corrected chi connectivity index (χ4v) is 2.93. The zero-order valence-electron chi connectivity index (χ0n) is 17.7. The Bertz CT molecular complexity index is 1120. The van der Waals surface area contributed by atoms with Crippen molar-refractivity contribution >= 4 is 45.3 Å². The number of anilines is 1. The average Bonchev–Trinajstić information content (AvgIpc) is 3.01. The molecule has 30 heavy (non-hydrogen) atoms. The number of hydrogen-bond acceptors (Lipinski definition) is 6. The van der Waals surface area contributed by atoms with E-state index in [0.717, 1.165) is 16.4 Å². The molecule has 0 fully saturated rings. The maximum Gasteiger partial charge on any atom is 0.428 e. The number of benzene rings is 2. The van der Waals surface area contributed by atoms with E-state index in [0.29, 0.717) is 22.7 Å². The highest BCUT2D eigenvalue weighted by molar-refractivity contribution is 6.10. The number of fused-ring (bicyclic) bond motifs is 3. The van der Waals surface area contributed by atoms with Gasteiger partial charge in [-0.25, -0.2) is 10.2 Å². The van der Waals surface area contributed by atoms with Gasteiger partial charge in [0.1, 0.15) is 22.5 Å². The Labute approximate surface area is 174 Å². The van der Waals surface area contributed by atoms with E-state index in [1.54, 1.807) is 33.8 Å². The number of methoxy groups -OCH3 is 1. The summed E-state index contributed by atoms with van der Waals surface area (Å²) in [7, 11) is 1.54. The molecule has 2 N–H and O–H groups in total. The first kappa shape index (κ1) is 21.2. The Kier molecular flexibility index (Phi) is 5.96. The molecule has 0 saturated carbocycles. The molecule has 3 aromatic rings. The van der Waals surface area contributed by atoms with Gasteiger partial charge in [0.15, 0.2) is 0 Å². The predicted molar refractivity (Wildman–Crippen MR) is 116 cm³/mol. The number of hydrazone groups is 1. The molecule has 0 aliphatic rings. The summed E-state index contributed by atoms with van der Waals surface area (Å²) in [4.78, 5) is 24.1. The van der Waals surface area contributed by atoms with Crippen LogP contribution in [0.15, 0.2) is 45.9 Å². The van der Waals surface area contributed by atoms with E-state index in [1.165, 1.54) is 7.11 Å². The molecular formula is C22H25N3O5. The molecular weight excluding hydrogens is 386 g/mol. The Balaban J connectivity index is 1.72. The number of nitrogens with one attached hydrogen (secondary N) is 2. The van der Waals surface area contributed by atoms with Crippen LogP contribution in [0, 0.1) is 0 Å². The van der Waals surface area contributed by atoms with Crippen LogP contribution in [0.3, 0.4) is 0 Å². The van der Waals surface area contributed by atoms with Crippen molar-refractivity contribution in [3.8, 4) is 5.75 Å². The van der Waals surface area contributed by atoms with E-state index >= 15 is 0 Å². The molecule has 3 rings (SSSR count). The molecule has 0 radical (unpaired) electrons. The van der Waals surface area contributed by atoms with Gasteiger partial charge in [-0.15, -0.1) is 0 Å². The second-order valence-electron chi connectivity index (χ2n) is 7.83. The molecule has 0 atom stereocenters. The van der Waals surface area contributed by atoms with Gasteiger partial charge in [0.05, 0.1) is 19.2 Å². The quantitative estimate of drug-likeness (QED) is 0.463. The van der Waals surface area contributed by atoms with E-state index in [-0.39, 0.29) is 12.3 Å². The first-order valence-electron chi connectivity index (χ1n) is 9.47. The van der Waals surface area contributed by atoms with Crippen LogP contribution < -0.4 is 15.5 Å². The van der Waals surface area contributed by atoms with Crippen LogP contribution in [-0.4, -0.2) is 30.4 Å². The van der Waals surface area contributed by atoms with Crippen molar-refractivity contribution in [1.29, 1.82) is 0 Å². The number of hydrogen-bond donors (Lipinski definition) is 2. The van der Waals surface area contributed by atoms with Gasteiger partial charge in [-0.2, -0.15) is 5.10 Å². The van der Waals surface area contributed by atoms with Crippen molar-refractivity contribution in [1.82, 2.24) is 5.43 Å². The number of ether oxygens (including phenoxy) is 2. The Hall–Kier alpha value is -3.55. The average molecular weight is 411 g/mol. The molecule has 0 spiro atoms. The van der Waals surface area contributed by atoms with Gasteiger partial charge in [0, 0.05) is 22.6 Å². The summed E-state index contributed by atoms with van der Waals surface area (Å²) in [5, 5.41) is 8.57. The third kappa shape index (κ3) is 5.08. The lowest BCUT2D eigenvalue weighted by molar-refractivity contribution is -0.115. The fraction of sp³-hybridized carbons (Fsp3) is 0.318. The van der Waals surface area contributed by atoms with E-state index < -0.39 is 11.7 Å². The fourth-order valence-electron chi connectivity index (χ4n) is 2.93. The topological polar surface area (TPSA) is 102 Å². The summed E-state index contributed by atoms with van der Waals surface area (Å²) in [6, 6.07) is 11.3. The van der Waals surface area contributed by atoms with E-state index in [9.17, 15) is 9.59 Å². The molecule has 0 aliphatic carbocycles. The molecule has 0 bridgehead atoms. The second-order valence-corrected chi connectivity index (χ2v) is 7.83. The standard InChI is InChI=1S/C22H25N3O5/c1-13(24-25-21(27)30-22(2,3)4)10-20(26)23-16-12-18-15(11-19(16)28-5)14-8-6-7-9-17(14)29-18/h6-9,11-12H,10H2,1-5H3,(H,23,26)(H,25,27)/b24-13+. The lowest BCUT2D eigenvalue weighted by Gasteiger charge is -2.18. The Morgan fingerprint density at radius 2 is 1.83 bits per heavy atom. The van der Waals surface area contributed by atoms with Crippen LogP contribution in [0.1, 0.15) is 34.1 Å². The van der Waals surface area contributed by atoms with Crippen molar-refractivity contribution in [3.63, 3.8) is 0 Å². The molecule has 8 heteroatoms. The summed E-state index contributed by atoms with van der Waals surface area (Å²) >= 11 is 0. The maximum atomic E-state index is 12.5.